The highest BCUT2D eigenvalue weighted by Crippen LogP contribution is 2.35. The fraction of sp³-hybridized carbons (Fsp3) is 0.300. The van der Waals surface area contributed by atoms with Crippen molar-refractivity contribution < 1.29 is 23.8 Å². The third kappa shape index (κ3) is 3.40. The van der Waals surface area contributed by atoms with Gasteiger partial charge >= 0.3 is 5.97 Å². The summed E-state index contributed by atoms with van der Waals surface area (Å²) in [6.07, 6.45) is 0. The van der Waals surface area contributed by atoms with Gasteiger partial charge in [0.05, 0.1) is 18.1 Å². The summed E-state index contributed by atoms with van der Waals surface area (Å²) in [5, 5.41) is 9.58. The second kappa shape index (κ2) is 7.56. The zero-order valence-corrected chi connectivity index (χ0v) is 14.4. The van der Waals surface area contributed by atoms with E-state index in [1.807, 2.05) is 30.3 Å². The summed E-state index contributed by atoms with van der Waals surface area (Å²) < 4.78 is 19.3. The van der Waals surface area contributed by atoms with Crippen LogP contribution in [0.3, 0.4) is 0 Å². The van der Waals surface area contributed by atoms with Gasteiger partial charge in [-0.3, -0.25) is 9.59 Å². The molecule has 6 heteroatoms. The normalized spacial score (nSPS) is 19.4. The average molecular weight is 357 g/mol. The summed E-state index contributed by atoms with van der Waals surface area (Å²) in [5.41, 5.74) is 0.990. The molecule has 2 aromatic carbocycles. The smallest absolute Gasteiger partial charge is 0.308 e. The molecule has 2 unspecified atom stereocenters. The standard InChI is InChI=1S/C20H20FNO4/c1-2-26-18-14(9-6-10-17(18)21)19(23)22-11-15(16(12-22)20(24)25)13-7-4-3-5-8-13/h3-10,15-16H,2,11-12H2,1H3,(H,24,25). The number of carbonyl (C=O) groups is 2. The van der Waals surface area contributed by atoms with Crippen LogP contribution in [0.15, 0.2) is 48.5 Å². The van der Waals surface area contributed by atoms with Crippen molar-refractivity contribution in [1.82, 2.24) is 4.90 Å². The molecular formula is C20H20FNO4. The molecule has 0 aliphatic carbocycles. The molecule has 1 aliphatic heterocycles. The van der Waals surface area contributed by atoms with E-state index >= 15 is 0 Å². The number of rotatable bonds is 5. The first kappa shape index (κ1) is 17.9. The maximum Gasteiger partial charge on any atom is 0.308 e. The maximum atomic E-state index is 14.0. The van der Waals surface area contributed by atoms with Crippen molar-refractivity contribution in [2.24, 2.45) is 5.92 Å². The lowest BCUT2D eigenvalue weighted by Crippen LogP contribution is -2.30. The number of hydrogen-bond donors (Lipinski definition) is 1. The lowest BCUT2D eigenvalue weighted by molar-refractivity contribution is -0.141. The molecule has 26 heavy (non-hydrogen) atoms. The topological polar surface area (TPSA) is 66.8 Å². The van der Waals surface area contributed by atoms with Gasteiger partial charge in [0, 0.05) is 19.0 Å². The van der Waals surface area contributed by atoms with Gasteiger partial charge in [-0.05, 0) is 24.6 Å². The highest BCUT2D eigenvalue weighted by Gasteiger charge is 2.41. The Morgan fingerprint density at radius 2 is 1.88 bits per heavy atom. The van der Waals surface area contributed by atoms with Gasteiger partial charge in [0.2, 0.25) is 0 Å². The zero-order chi connectivity index (χ0) is 18.7. The van der Waals surface area contributed by atoms with Crippen LogP contribution in [0.4, 0.5) is 4.39 Å². The maximum absolute atomic E-state index is 14.0. The molecule has 1 fully saturated rings. The molecule has 0 spiro atoms. The molecule has 1 saturated heterocycles. The van der Waals surface area contributed by atoms with E-state index in [9.17, 15) is 19.1 Å². The van der Waals surface area contributed by atoms with E-state index in [0.717, 1.165) is 5.56 Å². The van der Waals surface area contributed by atoms with Gasteiger partial charge < -0.3 is 14.7 Å². The number of aliphatic carboxylic acids is 1. The first-order valence-corrected chi connectivity index (χ1v) is 8.51. The van der Waals surface area contributed by atoms with Crippen molar-refractivity contribution in [3.63, 3.8) is 0 Å². The molecular weight excluding hydrogens is 337 g/mol. The number of benzene rings is 2. The number of hydrogen-bond acceptors (Lipinski definition) is 3. The van der Waals surface area contributed by atoms with Crippen LogP contribution >= 0.6 is 0 Å². The van der Waals surface area contributed by atoms with E-state index in [2.05, 4.69) is 0 Å². The quantitative estimate of drug-likeness (QED) is 0.893. The fourth-order valence-corrected chi connectivity index (χ4v) is 3.40. The van der Waals surface area contributed by atoms with Crippen LogP contribution in [0, 0.1) is 11.7 Å². The Balaban J connectivity index is 1.90. The summed E-state index contributed by atoms with van der Waals surface area (Å²) in [6, 6.07) is 13.5. The van der Waals surface area contributed by atoms with Crippen molar-refractivity contribution >= 4 is 11.9 Å². The third-order valence-electron chi connectivity index (χ3n) is 4.64. The molecule has 1 aliphatic rings. The monoisotopic (exact) mass is 357 g/mol. The van der Waals surface area contributed by atoms with Gasteiger partial charge in [0.25, 0.3) is 5.91 Å². The van der Waals surface area contributed by atoms with E-state index in [1.165, 1.54) is 23.1 Å². The van der Waals surface area contributed by atoms with Crippen LogP contribution in [0.25, 0.3) is 0 Å². The van der Waals surface area contributed by atoms with Crippen molar-refractivity contribution in [2.75, 3.05) is 19.7 Å². The number of ether oxygens (including phenoxy) is 1. The zero-order valence-electron chi connectivity index (χ0n) is 14.4. The predicted octanol–water partition coefficient (Wildman–Crippen LogP) is 3.16. The average Bonchev–Trinajstić information content (AvgIpc) is 3.09. The first-order valence-electron chi connectivity index (χ1n) is 8.51. The Labute approximate surface area is 151 Å². The van der Waals surface area contributed by atoms with Gasteiger partial charge in [-0.1, -0.05) is 36.4 Å². The van der Waals surface area contributed by atoms with Crippen LogP contribution in [-0.2, 0) is 4.79 Å². The molecule has 0 saturated carbocycles. The van der Waals surface area contributed by atoms with Crippen LogP contribution < -0.4 is 4.74 Å². The molecule has 5 nitrogen and oxygen atoms in total. The van der Waals surface area contributed by atoms with Crippen molar-refractivity contribution in [2.45, 2.75) is 12.8 Å². The molecule has 0 radical (unpaired) electrons. The third-order valence-corrected chi connectivity index (χ3v) is 4.64. The lowest BCUT2D eigenvalue weighted by Gasteiger charge is -2.19. The molecule has 136 valence electrons. The highest BCUT2D eigenvalue weighted by atomic mass is 19.1. The van der Waals surface area contributed by atoms with E-state index < -0.39 is 23.6 Å². The number of carbonyl (C=O) groups excluding carboxylic acids is 1. The Kier molecular flexibility index (Phi) is 5.21. The van der Waals surface area contributed by atoms with Crippen LogP contribution in [0.1, 0.15) is 28.8 Å². The Morgan fingerprint density at radius 3 is 2.54 bits per heavy atom. The van der Waals surface area contributed by atoms with Crippen LogP contribution in [0.5, 0.6) is 5.75 Å². The number of carboxylic acid groups (broad SMARTS) is 1. The van der Waals surface area contributed by atoms with E-state index in [-0.39, 0.29) is 36.9 Å². The number of para-hydroxylation sites is 1. The number of carboxylic acids is 1. The molecule has 1 N–H and O–H groups in total. The van der Waals surface area contributed by atoms with E-state index in [4.69, 9.17) is 4.74 Å². The fourth-order valence-electron chi connectivity index (χ4n) is 3.40. The summed E-state index contributed by atoms with van der Waals surface area (Å²) in [6.45, 7) is 2.28. The number of likely N-dealkylation sites (tertiary alicyclic amines) is 1. The van der Waals surface area contributed by atoms with Gasteiger partial charge in [-0.15, -0.1) is 0 Å². The number of halogens is 1. The summed E-state index contributed by atoms with van der Waals surface area (Å²) in [7, 11) is 0. The number of amides is 1. The lowest BCUT2D eigenvalue weighted by atomic mass is 9.89. The first-order chi connectivity index (χ1) is 12.5. The van der Waals surface area contributed by atoms with Gasteiger partial charge in [0.15, 0.2) is 11.6 Å². The second-order valence-electron chi connectivity index (χ2n) is 6.22. The molecule has 2 aromatic rings. The SMILES string of the molecule is CCOc1c(F)cccc1C(=O)N1CC(C(=O)O)C(c2ccccc2)C1. The summed E-state index contributed by atoms with van der Waals surface area (Å²) in [4.78, 5) is 26.1. The largest absolute Gasteiger partial charge is 0.490 e. The molecule has 0 bridgehead atoms. The Morgan fingerprint density at radius 1 is 1.15 bits per heavy atom. The summed E-state index contributed by atoms with van der Waals surface area (Å²) >= 11 is 0. The minimum Gasteiger partial charge on any atom is -0.490 e. The molecule has 2 atom stereocenters. The summed E-state index contributed by atoms with van der Waals surface area (Å²) in [5.74, 6) is -3.07. The Hall–Kier alpha value is -2.89. The van der Waals surface area contributed by atoms with Gasteiger partial charge in [0.1, 0.15) is 0 Å². The van der Waals surface area contributed by atoms with Gasteiger partial charge in [-0.2, -0.15) is 0 Å². The molecule has 1 amide bonds. The molecule has 0 aromatic heterocycles. The number of nitrogens with zero attached hydrogens (tertiary/aromatic N) is 1. The molecule has 1 heterocycles. The van der Waals surface area contributed by atoms with Crippen LogP contribution in [0.2, 0.25) is 0 Å². The van der Waals surface area contributed by atoms with E-state index in [0.29, 0.717) is 0 Å². The minimum absolute atomic E-state index is 0.0792. The van der Waals surface area contributed by atoms with Crippen molar-refractivity contribution in [1.29, 1.82) is 0 Å². The predicted molar refractivity (Wildman–Crippen MR) is 93.8 cm³/mol. The Bertz CT molecular complexity index is 809. The molecule has 3 rings (SSSR count). The minimum atomic E-state index is -0.946. The van der Waals surface area contributed by atoms with Crippen molar-refractivity contribution in [3.8, 4) is 5.75 Å². The van der Waals surface area contributed by atoms with Crippen molar-refractivity contribution in [3.05, 3.63) is 65.5 Å². The van der Waals surface area contributed by atoms with E-state index in [1.54, 1.807) is 6.92 Å². The second-order valence-corrected chi connectivity index (χ2v) is 6.22. The highest BCUT2D eigenvalue weighted by molar-refractivity contribution is 5.97. The van der Waals surface area contributed by atoms with Gasteiger partial charge in [-0.25, -0.2) is 4.39 Å². The van der Waals surface area contributed by atoms with Crippen LogP contribution in [-0.4, -0.2) is 41.6 Å².